The highest BCUT2D eigenvalue weighted by Crippen LogP contribution is 2.34. The highest BCUT2D eigenvalue weighted by atomic mass is 32.1. The minimum atomic E-state index is 0.662. The van der Waals surface area contributed by atoms with Crippen LogP contribution in [-0.2, 0) is 6.42 Å². The Bertz CT molecular complexity index is 358. The van der Waals surface area contributed by atoms with Gasteiger partial charge in [0.15, 0.2) is 11.5 Å². The first-order valence-electron chi connectivity index (χ1n) is 5.37. The molecular formula is C12H19NO3S. The second kappa shape index (κ2) is 7.29. The van der Waals surface area contributed by atoms with E-state index in [4.69, 9.17) is 14.2 Å². The summed E-state index contributed by atoms with van der Waals surface area (Å²) in [6, 6.07) is 3.78. The first-order chi connectivity index (χ1) is 8.26. The lowest BCUT2D eigenvalue weighted by Crippen LogP contribution is -2.15. The third kappa shape index (κ3) is 3.71. The van der Waals surface area contributed by atoms with Crippen molar-refractivity contribution in [2.24, 2.45) is 0 Å². The minimum absolute atomic E-state index is 0.662. The maximum atomic E-state index is 5.34. The number of hydrogen-bond acceptors (Lipinski definition) is 5. The second-order valence-electron chi connectivity index (χ2n) is 3.43. The van der Waals surface area contributed by atoms with E-state index in [1.165, 1.54) is 0 Å². The van der Waals surface area contributed by atoms with Gasteiger partial charge in [-0.3, -0.25) is 0 Å². The number of ether oxygens (including phenoxy) is 3. The number of thiol groups is 1. The molecule has 1 rings (SSSR count). The molecule has 17 heavy (non-hydrogen) atoms. The molecule has 96 valence electrons. The van der Waals surface area contributed by atoms with Gasteiger partial charge < -0.3 is 19.5 Å². The molecule has 0 bridgehead atoms. The lowest BCUT2D eigenvalue weighted by atomic mass is 10.1. The van der Waals surface area contributed by atoms with Crippen molar-refractivity contribution in [2.75, 3.05) is 33.8 Å². The average molecular weight is 257 g/mol. The van der Waals surface area contributed by atoms with Crippen LogP contribution in [0.4, 0.5) is 0 Å². The van der Waals surface area contributed by atoms with Crippen molar-refractivity contribution < 1.29 is 14.2 Å². The third-order valence-electron chi connectivity index (χ3n) is 2.47. The molecule has 0 saturated heterocycles. The summed E-state index contributed by atoms with van der Waals surface area (Å²) in [6.45, 7) is 0.843. The van der Waals surface area contributed by atoms with Crippen molar-refractivity contribution in [3.63, 3.8) is 0 Å². The lowest BCUT2D eigenvalue weighted by Gasteiger charge is -2.14. The summed E-state index contributed by atoms with van der Waals surface area (Å²) in [4.78, 5) is 0. The predicted octanol–water partition coefficient (Wildman–Crippen LogP) is 1.73. The van der Waals surface area contributed by atoms with Crippen LogP contribution < -0.4 is 19.5 Å². The number of nitrogens with one attached hydrogen (secondary N) is 1. The Hall–Kier alpha value is -1.07. The number of benzene rings is 1. The quantitative estimate of drug-likeness (QED) is 0.443. The smallest absolute Gasteiger partial charge is 0.164 e. The monoisotopic (exact) mass is 257 g/mol. The average Bonchev–Trinajstić information content (AvgIpc) is 2.38. The van der Waals surface area contributed by atoms with E-state index in [0.717, 1.165) is 24.3 Å². The molecule has 1 aromatic carbocycles. The van der Waals surface area contributed by atoms with Crippen molar-refractivity contribution in [3.05, 3.63) is 17.7 Å². The third-order valence-corrected chi connectivity index (χ3v) is 2.69. The van der Waals surface area contributed by atoms with Gasteiger partial charge in [-0.25, -0.2) is 0 Å². The number of hydrogen-bond donors (Lipinski definition) is 2. The molecule has 1 N–H and O–H groups in total. The van der Waals surface area contributed by atoms with Crippen LogP contribution >= 0.6 is 12.6 Å². The van der Waals surface area contributed by atoms with Gasteiger partial charge in [0.2, 0.25) is 0 Å². The summed E-state index contributed by atoms with van der Waals surface area (Å²) < 4.78 is 15.8. The number of rotatable bonds is 7. The Kier molecular flexibility index (Phi) is 6.00. The van der Waals surface area contributed by atoms with Gasteiger partial charge in [0.05, 0.1) is 21.3 Å². The van der Waals surface area contributed by atoms with Crippen LogP contribution in [0.15, 0.2) is 12.1 Å². The molecule has 0 fully saturated rings. The molecule has 5 heteroatoms. The summed E-state index contributed by atoms with van der Waals surface area (Å²) in [7, 11) is 4.89. The molecule has 0 unspecified atom stereocenters. The van der Waals surface area contributed by atoms with Crippen LogP contribution in [0.5, 0.6) is 17.2 Å². The molecule has 1 aromatic rings. The highest BCUT2D eigenvalue weighted by molar-refractivity contribution is 7.80. The second-order valence-corrected chi connectivity index (χ2v) is 3.74. The van der Waals surface area contributed by atoms with E-state index < -0.39 is 0 Å². The molecule has 4 nitrogen and oxygen atoms in total. The van der Waals surface area contributed by atoms with Crippen molar-refractivity contribution in [2.45, 2.75) is 6.42 Å². The topological polar surface area (TPSA) is 39.7 Å². The molecule has 0 atom stereocenters. The van der Waals surface area contributed by atoms with Crippen molar-refractivity contribution in [1.29, 1.82) is 0 Å². The first kappa shape index (κ1) is 14.0. The van der Waals surface area contributed by atoms with Crippen LogP contribution in [-0.4, -0.2) is 33.8 Å². The predicted molar refractivity (Wildman–Crippen MR) is 71.7 cm³/mol. The molecule has 0 spiro atoms. The van der Waals surface area contributed by atoms with E-state index in [1.54, 1.807) is 21.3 Å². The zero-order chi connectivity index (χ0) is 12.7. The summed E-state index contributed by atoms with van der Waals surface area (Å²) in [5.41, 5.74) is 1.08. The maximum absolute atomic E-state index is 5.34. The van der Waals surface area contributed by atoms with Crippen LogP contribution in [0.3, 0.4) is 0 Å². The van der Waals surface area contributed by atoms with Crippen molar-refractivity contribution in [3.8, 4) is 17.2 Å². The summed E-state index contributed by atoms with van der Waals surface area (Å²) in [6.07, 6.45) is 0.851. The Morgan fingerprint density at radius 3 is 2.12 bits per heavy atom. The molecule has 0 amide bonds. The minimum Gasteiger partial charge on any atom is -0.496 e. The number of methoxy groups -OCH3 is 3. The molecule has 0 aliphatic heterocycles. The Morgan fingerprint density at radius 2 is 1.59 bits per heavy atom. The fourth-order valence-corrected chi connectivity index (χ4v) is 1.75. The summed E-state index contributed by atoms with van der Waals surface area (Å²) >= 11 is 4.10. The summed E-state index contributed by atoms with van der Waals surface area (Å²) in [5.74, 6) is 2.86. The lowest BCUT2D eigenvalue weighted by molar-refractivity contribution is 0.347. The molecule has 0 heterocycles. The Labute approximate surface area is 108 Å². The fraction of sp³-hybridized carbons (Fsp3) is 0.500. The zero-order valence-electron chi connectivity index (χ0n) is 10.4. The SMILES string of the molecule is COc1cc(OC)c(OC)cc1CCNCS. The first-order valence-corrected chi connectivity index (χ1v) is 6.00. The van der Waals surface area contributed by atoms with Gasteiger partial charge in [0, 0.05) is 18.5 Å². The van der Waals surface area contributed by atoms with Crippen LogP contribution in [0.1, 0.15) is 5.56 Å². The van der Waals surface area contributed by atoms with Gasteiger partial charge in [-0.1, -0.05) is 0 Å². The molecule has 0 aliphatic rings. The van der Waals surface area contributed by atoms with E-state index in [2.05, 4.69) is 17.9 Å². The zero-order valence-corrected chi connectivity index (χ0v) is 11.3. The Morgan fingerprint density at radius 1 is 1.00 bits per heavy atom. The molecular weight excluding hydrogens is 238 g/mol. The van der Waals surface area contributed by atoms with Gasteiger partial charge >= 0.3 is 0 Å². The van der Waals surface area contributed by atoms with E-state index in [0.29, 0.717) is 17.4 Å². The van der Waals surface area contributed by atoms with Crippen molar-refractivity contribution >= 4 is 12.6 Å². The van der Waals surface area contributed by atoms with E-state index in [1.807, 2.05) is 12.1 Å². The van der Waals surface area contributed by atoms with Gasteiger partial charge in [0.1, 0.15) is 5.75 Å². The molecule has 0 saturated carbocycles. The normalized spacial score (nSPS) is 10.1. The van der Waals surface area contributed by atoms with E-state index in [9.17, 15) is 0 Å². The maximum Gasteiger partial charge on any atom is 0.164 e. The van der Waals surface area contributed by atoms with Gasteiger partial charge in [0.25, 0.3) is 0 Å². The molecule has 0 radical (unpaired) electrons. The fourth-order valence-electron chi connectivity index (χ4n) is 1.59. The van der Waals surface area contributed by atoms with E-state index >= 15 is 0 Å². The van der Waals surface area contributed by atoms with Crippen molar-refractivity contribution in [1.82, 2.24) is 5.32 Å². The largest absolute Gasteiger partial charge is 0.496 e. The molecule has 0 aliphatic carbocycles. The van der Waals surface area contributed by atoms with Gasteiger partial charge in [-0.15, -0.1) is 0 Å². The van der Waals surface area contributed by atoms with Crippen LogP contribution in [0, 0.1) is 0 Å². The van der Waals surface area contributed by atoms with Crippen LogP contribution in [0.2, 0.25) is 0 Å². The standard InChI is InChI=1S/C12H19NO3S/c1-14-10-7-12(16-3)11(15-2)6-9(10)4-5-13-8-17/h6-7,13,17H,4-5,8H2,1-3H3. The molecule has 0 aromatic heterocycles. The highest BCUT2D eigenvalue weighted by Gasteiger charge is 2.11. The summed E-state index contributed by atoms with van der Waals surface area (Å²) in [5, 5.41) is 3.15. The van der Waals surface area contributed by atoms with Gasteiger partial charge in [-0.2, -0.15) is 12.6 Å². The van der Waals surface area contributed by atoms with E-state index in [-0.39, 0.29) is 0 Å². The Balaban J connectivity index is 2.93. The van der Waals surface area contributed by atoms with Gasteiger partial charge in [-0.05, 0) is 18.1 Å². The van der Waals surface area contributed by atoms with Crippen LogP contribution in [0.25, 0.3) is 0 Å².